The second-order valence-electron chi connectivity index (χ2n) is 6.60. The summed E-state index contributed by atoms with van der Waals surface area (Å²) in [7, 11) is 1.64. The summed E-state index contributed by atoms with van der Waals surface area (Å²) in [6.07, 6.45) is 0. The fourth-order valence-corrected chi connectivity index (χ4v) is 3.57. The van der Waals surface area contributed by atoms with Crippen molar-refractivity contribution in [2.75, 3.05) is 7.11 Å². The first kappa shape index (κ1) is 18.5. The fourth-order valence-electron chi connectivity index (χ4n) is 2.63. The minimum absolute atomic E-state index is 0.560. The third kappa shape index (κ3) is 4.09. The second-order valence-corrected chi connectivity index (χ2v) is 7.54. The van der Waals surface area contributed by atoms with Gasteiger partial charge in [0.25, 0.3) is 0 Å². The average Bonchev–Trinajstić information content (AvgIpc) is 3.20. The minimum atomic E-state index is 0.560. The lowest BCUT2D eigenvalue weighted by atomic mass is 10.2. The maximum absolute atomic E-state index is 5.41. The Kier molecular flexibility index (Phi) is 5.66. The molecule has 0 radical (unpaired) electrons. The van der Waals surface area contributed by atoms with E-state index < -0.39 is 0 Å². The Morgan fingerprint density at radius 2 is 2.04 bits per heavy atom. The Hall–Kier alpha value is -2.28. The first-order chi connectivity index (χ1) is 12.5. The molecule has 0 aliphatic carbocycles. The van der Waals surface area contributed by atoms with Gasteiger partial charge in [0.1, 0.15) is 5.75 Å². The van der Waals surface area contributed by atoms with Gasteiger partial charge < -0.3 is 13.8 Å². The molecule has 3 rings (SSSR count). The zero-order valence-electron chi connectivity index (χ0n) is 15.8. The molecule has 138 valence electrons. The van der Waals surface area contributed by atoms with Gasteiger partial charge in [-0.25, -0.2) is 4.98 Å². The number of aromatic nitrogens is 4. The van der Waals surface area contributed by atoms with Gasteiger partial charge in [-0.3, -0.25) is 0 Å². The number of ether oxygens (including phenoxy) is 1. The lowest BCUT2D eigenvalue weighted by Crippen LogP contribution is -2.07. The molecule has 0 fully saturated rings. The smallest absolute Gasteiger partial charge is 0.237 e. The van der Waals surface area contributed by atoms with Crippen LogP contribution in [0.2, 0.25) is 0 Å². The minimum Gasteiger partial charge on any atom is -0.497 e. The van der Waals surface area contributed by atoms with Gasteiger partial charge in [-0.15, -0.1) is 0 Å². The van der Waals surface area contributed by atoms with Crippen molar-refractivity contribution in [3.05, 3.63) is 41.5 Å². The van der Waals surface area contributed by atoms with Crippen LogP contribution in [0.3, 0.4) is 0 Å². The molecule has 0 unspecified atom stereocenters. The van der Waals surface area contributed by atoms with Crippen molar-refractivity contribution in [2.45, 2.75) is 45.1 Å². The van der Waals surface area contributed by atoms with E-state index in [1.807, 2.05) is 31.2 Å². The molecular weight excluding hydrogens is 348 g/mol. The summed E-state index contributed by atoms with van der Waals surface area (Å²) in [5, 5.41) is 5.08. The van der Waals surface area contributed by atoms with Gasteiger partial charge in [-0.1, -0.05) is 42.9 Å². The van der Waals surface area contributed by atoms with Gasteiger partial charge in [0.15, 0.2) is 5.16 Å². The molecule has 0 saturated heterocycles. The van der Waals surface area contributed by atoms with Crippen LogP contribution in [0.1, 0.15) is 31.1 Å². The molecule has 3 aromatic rings. The SMILES string of the molecule is COc1cccc(-c2noc(CSc3nc(C)c(C)n3CC(C)C)n2)c1. The van der Waals surface area contributed by atoms with Crippen LogP contribution < -0.4 is 4.74 Å². The van der Waals surface area contributed by atoms with Crippen LogP contribution in [0, 0.1) is 19.8 Å². The van der Waals surface area contributed by atoms with E-state index in [-0.39, 0.29) is 0 Å². The molecule has 0 atom stereocenters. The molecule has 7 heteroatoms. The van der Waals surface area contributed by atoms with E-state index in [0.717, 1.165) is 28.7 Å². The topological polar surface area (TPSA) is 66.0 Å². The maximum Gasteiger partial charge on any atom is 0.237 e. The first-order valence-corrected chi connectivity index (χ1v) is 9.60. The van der Waals surface area contributed by atoms with Gasteiger partial charge in [0.2, 0.25) is 11.7 Å². The van der Waals surface area contributed by atoms with E-state index in [2.05, 4.69) is 40.5 Å². The Labute approximate surface area is 158 Å². The maximum atomic E-state index is 5.41. The number of rotatable bonds is 7. The zero-order chi connectivity index (χ0) is 18.7. The van der Waals surface area contributed by atoms with E-state index >= 15 is 0 Å². The molecule has 1 aromatic carbocycles. The molecule has 26 heavy (non-hydrogen) atoms. The summed E-state index contributed by atoms with van der Waals surface area (Å²) in [5.74, 6) is 3.07. The summed E-state index contributed by atoms with van der Waals surface area (Å²) < 4.78 is 12.9. The number of benzene rings is 1. The van der Waals surface area contributed by atoms with Crippen LogP contribution >= 0.6 is 11.8 Å². The van der Waals surface area contributed by atoms with Crippen LogP contribution in [0.4, 0.5) is 0 Å². The standard InChI is InChI=1S/C19H24N4O2S/c1-12(2)10-23-14(4)13(3)20-19(23)26-11-17-21-18(22-25-17)15-7-6-8-16(9-15)24-5/h6-9,12H,10-11H2,1-5H3. The number of imidazole rings is 1. The van der Waals surface area contributed by atoms with Crippen LogP contribution in [-0.2, 0) is 12.3 Å². The van der Waals surface area contributed by atoms with Crippen molar-refractivity contribution in [3.63, 3.8) is 0 Å². The van der Waals surface area contributed by atoms with E-state index in [9.17, 15) is 0 Å². The summed E-state index contributed by atoms with van der Waals surface area (Å²) >= 11 is 1.62. The van der Waals surface area contributed by atoms with Gasteiger partial charge in [0.05, 0.1) is 18.6 Å². The summed E-state index contributed by atoms with van der Waals surface area (Å²) in [6, 6.07) is 7.63. The summed E-state index contributed by atoms with van der Waals surface area (Å²) in [6.45, 7) is 9.53. The number of thioether (sulfide) groups is 1. The molecule has 0 aliphatic heterocycles. The number of hydrogen-bond donors (Lipinski definition) is 0. The summed E-state index contributed by atoms with van der Waals surface area (Å²) in [4.78, 5) is 9.19. The third-order valence-electron chi connectivity index (χ3n) is 4.09. The number of hydrogen-bond acceptors (Lipinski definition) is 6. The highest BCUT2D eigenvalue weighted by molar-refractivity contribution is 7.98. The van der Waals surface area contributed by atoms with Crippen molar-refractivity contribution in [3.8, 4) is 17.1 Å². The highest BCUT2D eigenvalue weighted by Crippen LogP contribution is 2.27. The van der Waals surface area contributed by atoms with E-state index in [0.29, 0.717) is 23.4 Å². The zero-order valence-corrected chi connectivity index (χ0v) is 16.6. The Morgan fingerprint density at radius 3 is 2.77 bits per heavy atom. The molecule has 0 N–H and O–H groups in total. The molecule has 0 aliphatic rings. The predicted molar refractivity (Wildman–Crippen MR) is 102 cm³/mol. The lowest BCUT2D eigenvalue weighted by molar-refractivity contribution is 0.391. The quantitative estimate of drug-likeness (QED) is 0.569. The van der Waals surface area contributed by atoms with Crippen molar-refractivity contribution in [1.82, 2.24) is 19.7 Å². The molecule has 0 saturated carbocycles. The Balaban J connectivity index is 1.73. The first-order valence-electron chi connectivity index (χ1n) is 8.61. The van der Waals surface area contributed by atoms with Crippen molar-refractivity contribution in [1.29, 1.82) is 0 Å². The number of nitrogens with zero attached hydrogens (tertiary/aromatic N) is 4. The van der Waals surface area contributed by atoms with Gasteiger partial charge in [-0.2, -0.15) is 4.98 Å². The highest BCUT2D eigenvalue weighted by atomic mass is 32.2. The van der Waals surface area contributed by atoms with E-state index in [1.165, 1.54) is 5.69 Å². The van der Waals surface area contributed by atoms with E-state index in [4.69, 9.17) is 9.26 Å². The molecular formula is C19H24N4O2S. The molecule has 0 amide bonds. The van der Waals surface area contributed by atoms with Gasteiger partial charge in [0, 0.05) is 17.8 Å². The number of aryl methyl sites for hydroxylation is 1. The fraction of sp³-hybridized carbons (Fsp3) is 0.421. The number of methoxy groups -OCH3 is 1. The molecule has 2 heterocycles. The van der Waals surface area contributed by atoms with Crippen LogP contribution in [0.15, 0.2) is 33.9 Å². The molecule has 2 aromatic heterocycles. The average molecular weight is 372 g/mol. The lowest BCUT2D eigenvalue weighted by Gasteiger charge is -2.11. The van der Waals surface area contributed by atoms with Gasteiger partial charge >= 0.3 is 0 Å². The second kappa shape index (κ2) is 7.95. The normalized spacial score (nSPS) is 11.3. The van der Waals surface area contributed by atoms with E-state index in [1.54, 1.807) is 18.9 Å². The van der Waals surface area contributed by atoms with Crippen LogP contribution in [0.25, 0.3) is 11.4 Å². The van der Waals surface area contributed by atoms with Crippen LogP contribution in [0.5, 0.6) is 5.75 Å². The Morgan fingerprint density at radius 1 is 1.23 bits per heavy atom. The highest BCUT2D eigenvalue weighted by Gasteiger charge is 2.15. The monoisotopic (exact) mass is 372 g/mol. The summed E-state index contributed by atoms with van der Waals surface area (Å²) in [5.41, 5.74) is 3.15. The third-order valence-corrected chi connectivity index (χ3v) is 5.05. The largest absolute Gasteiger partial charge is 0.497 e. The van der Waals surface area contributed by atoms with Crippen molar-refractivity contribution in [2.24, 2.45) is 5.92 Å². The molecule has 0 spiro atoms. The van der Waals surface area contributed by atoms with Crippen molar-refractivity contribution >= 4 is 11.8 Å². The van der Waals surface area contributed by atoms with Crippen LogP contribution in [-0.4, -0.2) is 26.8 Å². The Bertz CT molecular complexity index is 886. The van der Waals surface area contributed by atoms with Gasteiger partial charge in [-0.05, 0) is 31.9 Å². The molecule has 6 nitrogen and oxygen atoms in total. The molecule has 0 bridgehead atoms. The van der Waals surface area contributed by atoms with Crippen molar-refractivity contribution < 1.29 is 9.26 Å². The predicted octanol–water partition coefficient (Wildman–Crippen LogP) is 4.51.